The maximum absolute atomic E-state index is 12.7. The van der Waals surface area contributed by atoms with Crippen molar-refractivity contribution in [3.63, 3.8) is 0 Å². The normalized spacial score (nSPS) is 12.1. The Bertz CT molecular complexity index is 871. The van der Waals surface area contributed by atoms with Crippen LogP contribution in [0.5, 0.6) is 0 Å². The van der Waals surface area contributed by atoms with Gasteiger partial charge in [-0.3, -0.25) is 14.2 Å². The Balaban J connectivity index is 2.21. The Labute approximate surface area is 162 Å². The molecule has 1 unspecified atom stereocenters. The predicted molar refractivity (Wildman–Crippen MR) is 104 cm³/mol. The maximum atomic E-state index is 12.7. The smallest absolute Gasteiger partial charge is 0.348 e. The molecule has 2 heterocycles. The first-order chi connectivity index (χ1) is 12.9. The minimum atomic E-state index is -0.473. The summed E-state index contributed by atoms with van der Waals surface area (Å²) in [5.41, 5.74) is 0.174. The van der Waals surface area contributed by atoms with Crippen LogP contribution in [0.1, 0.15) is 61.7 Å². The molecule has 0 spiro atoms. The van der Waals surface area contributed by atoms with Crippen molar-refractivity contribution in [2.75, 3.05) is 6.61 Å². The number of carbonyl (C=O) groups excluding carboxylic acids is 2. The van der Waals surface area contributed by atoms with Gasteiger partial charge in [0.05, 0.1) is 24.4 Å². The van der Waals surface area contributed by atoms with E-state index in [1.165, 1.54) is 10.9 Å². The molecule has 2 rings (SSSR count). The molecule has 2 aromatic heterocycles. The number of aromatic nitrogens is 2. The van der Waals surface area contributed by atoms with E-state index in [0.717, 1.165) is 30.6 Å². The number of fused-ring (bicyclic) bond motifs is 1. The average molecular weight is 394 g/mol. The van der Waals surface area contributed by atoms with Gasteiger partial charge in [-0.05, 0) is 32.3 Å². The van der Waals surface area contributed by atoms with Crippen LogP contribution in [-0.2, 0) is 20.8 Å². The first-order valence-electron chi connectivity index (χ1n) is 9.24. The molecule has 0 aliphatic carbocycles. The van der Waals surface area contributed by atoms with Crippen LogP contribution in [0.2, 0.25) is 0 Å². The third-order valence-corrected chi connectivity index (χ3v) is 5.48. The van der Waals surface area contributed by atoms with Gasteiger partial charge in [-0.2, -0.15) is 0 Å². The summed E-state index contributed by atoms with van der Waals surface area (Å²) in [5, 5.41) is 0.345. The monoisotopic (exact) mass is 394 g/mol. The van der Waals surface area contributed by atoms with Gasteiger partial charge in [0.2, 0.25) is 0 Å². The van der Waals surface area contributed by atoms with Crippen LogP contribution >= 0.6 is 11.3 Å². The predicted octanol–water partition coefficient (Wildman–Crippen LogP) is 3.46. The summed E-state index contributed by atoms with van der Waals surface area (Å²) >= 11 is 1.13. The van der Waals surface area contributed by atoms with Crippen molar-refractivity contribution in [3.8, 4) is 0 Å². The highest BCUT2D eigenvalue weighted by molar-refractivity contribution is 7.20. The Kier molecular flexibility index (Phi) is 7.53. The highest BCUT2D eigenvalue weighted by Crippen LogP contribution is 2.27. The molecule has 0 radical (unpaired) electrons. The molecule has 2 aromatic rings. The number of thiophene rings is 1. The number of rotatable bonds is 9. The van der Waals surface area contributed by atoms with Gasteiger partial charge in [-0.15, -0.1) is 11.3 Å². The lowest BCUT2D eigenvalue weighted by atomic mass is 10.2. The zero-order valence-corrected chi connectivity index (χ0v) is 17.1. The minimum absolute atomic E-state index is 0.199. The number of hydrogen-bond donors (Lipinski definition) is 0. The third kappa shape index (κ3) is 5.15. The lowest BCUT2D eigenvalue weighted by Crippen LogP contribution is -2.26. The van der Waals surface area contributed by atoms with E-state index in [9.17, 15) is 14.4 Å². The van der Waals surface area contributed by atoms with E-state index in [4.69, 9.17) is 9.47 Å². The second kappa shape index (κ2) is 9.64. The molecule has 0 saturated heterocycles. The fraction of sp³-hybridized carbons (Fsp3) is 0.579. The van der Waals surface area contributed by atoms with Crippen LogP contribution in [0.15, 0.2) is 11.1 Å². The summed E-state index contributed by atoms with van der Waals surface area (Å²) < 4.78 is 11.7. The zero-order chi connectivity index (χ0) is 20.0. The highest BCUT2D eigenvalue weighted by atomic mass is 32.1. The second-order valence-electron chi connectivity index (χ2n) is 6.47. The highest BCUT2D eigenvalue weighted by Gasteiger charge is 2.22. The van der Waals surface area contributed by atoms with Gasteiger partial charge in [0.1, 0.15) is 16.3 Å². The average Bonchev–Trinajstić information content (AvgIpc) is 2.98. The second-order valence-corrected chi connectivity index (χ2v) is 7.46. The Morgan fingerprint density at radius 3 is 2.70 bits per heavy atom. The summed E-state index contributed by atoms with van der Waals surface area (Å²) in [6.07, 6.45) is 4.66. The lowest BCUT2D eigenvalue weighted by molar-refractivity contribution is -0.144. The van der Waals surface area contributed by atoms with Gasteiger partial charge in [0.15, 0.2) is 0 Å². The van der Waals surface area contributed by atoms with Crippen molar-refractivity contribution in [2.45, 2.75) is 66.0 Å². The van der Waals surface area contributed by atoms with Crippen LogP contribution in [-0.4, -0.2) is 34.2 Å². The molecule has 27 heavy (non-hydrogen) atoms. The van der Waals surface area contributed by atoms with Crippen molar-refractivity contribution in [2.24, 2.45) is 0 Å². The molecule has 0 fully saturated rings. The SMILES string of the molecule is CCCCCOC(=O)Cn1cnc2sc(C(=O)OC(C)CC)c(C)c2c1=O. The molecular weight excluding hydrogens is 368 g/mol. The molecular formula is C19H26N2O5S. The maximum Gasteiger partial charge on any atom is 0.348 e. The number of nitrogens with zero attached hydrogens (tertiary/aromatic N) is 2. The van der Waals surface area contributed by atoms with Crippen molar-refractivity contribution < 1.29 is 19.1 Å². The number of esters is 2. The van der Waals surface area contributed by atoms with Crippen molar-refractivity contribution in [1.29, 1.82) is 0 Å². The number of aryl methyl sites for hydroxylation is 1. The van der Waals surface area contributed by atoms with Gasteiger partial charge < -0.3 is 9.47 Å². The first kappa shape index (κ1) is 21.1. The van der Waals surface area contributed by atoms with Crippen molar-refractivity contribution in [1.82, 2.24) is 9.55 Å². The minimum Gasteiger partial charge on any atom is -0.464 e. The first-order valence-corrected chi connectivity index (χ1v) is 10.1. The Morgan fingerprint density at radius 2 is 2.04 bits per heavy atom. The van der Waals surface area contributed by atoms with Crippen LogP contribution < -0.4 is 5.56 Å². The summed E-state index contributed by atoms with van der Waals surface area (Å²) in [7, 11) is 0. The standard InChI is InChI=1S/C19H26N2O5S/c1-5-7-8-9-25-14(22)10-21-11-20-17-15(18(21)23)13(4)16(27-17)19(24)26-12(3)6-2/h11-12H,5-10H2,1-4H3. The van der Waals surface area contributed by atoms with Crippen LogP contribution in [0.3, 0.4) is 0 Å². The van der Waals surface area contributed by atoms with Crippen LogP contribution in [0, 0.1) is 6.92 Å². The quantitative estimate of drug-likeness (QED) is 0.478. The largest absolute Gasteiger partial charge is 0.464 e. The fourth-order valence-corrected chi connectivity index (χ4v) is 3.53. The molecule has 148 valence electrons. The summed E-state index contributed by atoms with van der Waals surface area (Å²) in [4.78, 5) is 42.1. The fourth-order valence-electron chi connectivity index (χ4n) is 2.51. The number of carbonyl (C=O) groups is 2. The van der Waals surface area contributed by atoms with Gasteiger partial charge >= 0.3 is 11.9 Å². The molecule has 0 aromatic carbocycles. The Hall–Kier alpha value is -2.22. The summed E-state index contributed by atoms with van der Waals surface area (Å²) in [6.45, 7) is 7.66. The van der Waals surface area contributed by atoms with Gasteiger partial charge in [-0.1, -0.05) is 26.7 Å². The van der Waals surface area contributed by atoms with Crippen molar-refractivity contribution in [3.05, 3.63) is 27.1 Å². The summed E-state index contributed by atoms with van der Waals surface area (Å²) in [5.74, 6) is -0.926. The van der Waals surface area contributed by atoms with E-state index in [2.05, 4.69) is 11.9 Å². The van der Waals surface area contributed by atoms with Crippen LogP contribution in [0.4, 0.5) is 0 Å². The molecule has 0 saturated carbocycles. The molecule has 8 heteroatoms. The summed E-state index contributed by atoms with van der Waals surface area (Å²) in [6, 6.07) is 0. The molecule has 0 N–H and O–H groups in total. The lowest BCUT2D eigenvalue weighted by Gasteiger charge is -2.09. The molecule has 0 amide bonds. The van der Waals surface area contributed by atoms with Crippen LogP contribution in [0.25, 0.3) is 10.2 Å². The number of unbranched alkanes of at least 4 members (excludes halogenated alkanes) is 2. The van der Waals surface area contributed by atoms with Gasteiger partial charge in [0, 0.05) is 0 Å². The third-order valence-electron chi connectivity index (χ3n) is 4.30. The topological polar surface area (TPSA) is 87.5 Å². The number of ether oxygens (including phenoxy) is 2. The van der Waals surface area contributed by atoms with Gasteiger partial charge in [0.25, 0.3) is 5.56 Å². The van der Waals surface area contributed by atoms with E-state index in [1.807, 2.05) is 13.8 Å². The molecule has 0 aliphatic rings. The van der Waals surface area contributed by atoms with E-state index in [1.54, 1.807) is 6.92 Å². The van der Waals surface area contributed by atoms with Gasteiger partial charge in [-0.25, -0.2) is 9.78 Å². The molecule has 0 bridgehead atoms. The van der Waals surface area contributed by atoms with E-state index in [0.29, 0.717) is 33.7 Å². The molecule has 0 aliphatic heterocycles. The number of hydrogen-bond acceptors (Lipinski definition) is 7. The molecule has 1 atom stereocenters. The van der Waals surface area contributed by atoms with E-state index < -0.39 is 11.9 Å². The molecule has 7 nitrogen and oxygen atoms in total. The Morgan fingerprint density at radius 1 is 1.30 bits per heavy atom. The van der Waals surface area contributed by atoms with E-state index >= 15 is 0 Å². The van der Waals surface area contributed by atoms with E-state index in [-0.39, 0.29) is 18.2 Å². The zero-order valence-electron chi connectivity index (χ0n) is 16.2. The van der Waals surface area contributed by atoms with Crippen molar-refractivity contribution >= 4 is 33.5 Å².